The molecule has 2 aromatic carbocycles. The molecule has 0 fully saturated rings. The first-order valence-electron chi connectivity index (χ1n) is 11.3. The number of aromatic nitrogens is 2. The molecule has 1 N–H and O–H groups in total. The number of allylic oxidation sites excluding steroid dienone is 1. The van der Waals surface area contributed by atoms with Gasteiger partial charge in [0.15, 0.2) is 0 Å². The summed E-state index contributed by atoms with van der Waals surface area (Å²) in [4.78, 5) is 19.5. The number of hydrogen-bond donors (Lipinski definition) is 1. The summed E-state index contributed by atoms with van der Waals surface area (Å²) in [5.41, 5.74) is 5.83. The maximum Gasteiger partial charge on any atom is 0.322 e. The molecule has 7 heteroatoms. The molecule has 0 bridgehead atoms. The molecular formula is C26H30N4O3. The topological polar surface area (TPSA) is 80.5 Å². The smallest absolute Gasteiger partial charge is 0.322 e. The number of urea groups is 1. The van der Waals surface area contributed by atoms with Crippen molar-refractivity contribution in [1.82, 2.24) is 20.4 Å². The summed E-state index contributed by atoms with van der Waals surface area (Å²) < 4.78 is 11.0. The van der Waals surface area contributed by atoms with E-state index in [9.17, 15) is 4.79 Å². The largest absolute Gasteiger partial charge is 0.497 e. The molecule has 3 aromatic rings. The molecule has 33 heavy (non-hydrogen) atoms. The fraction of sp³-hybridized carbons (Fsp3) is 0.346. The zero-order chi connectivity index (χ0) is 23.5. The van der Waals surface area contributed by atoms with E-state index < -0.39 is 0 Å². The highest BCUT2D eigenvalue weighted by Crippen LogP contribution is 2.38. The second-order valence-electron chi connectivity index (χ2n) is 8.38. The van der Waals surface area contributed by atoms with Crippen LogP contribution in [0.1, 0.15) is 55.3 Å². The van der Waals surface area contributed by atoms with Gasteiger partial charge >= 0.3 is 6.03 Å². The van der Waals surface area contributed by atoms with Crippen molar-refractivity contribution in [3.05, 3.63) is 70.7 Å². The maximum atomic E-state index is 13.0. The van der Waals surface area contributed by atoms with E-state index in [1.54, 1.807) is 12.0 Å². The Labute approximate surface area is 194 Å². The standard InChI is InChI=1S/C26H30N4O3/c1-6-7-14-30-18(4)22(23(27-26(30)31)20-9-8-16(2)17(3)15-20)25-28-24(29-33-25)19-10-12-21(32-5)13-11-19/h8-13,15,23H,6-7,14H2,1-5H3,(H,27,31). The average Bonchev–Trinajstić information content (AvgIpc) is 3.30. The Morgan fingerprint density at radius 1 is 1.09 bits per heavy atom. The zero-order valence-corrected chi connectivity index (χ0v) is 19.8. The van der Waals surface area contributed by atoms with Crippen LogP contribution in [0.2, 0.25) is 0 Å². The number of benzene rings is 2. The zero-order valence-electron chi connectivity index (χ0n) is 19.8. The normalized spacial score (nSPS) is 16.2. The molecule has 0 spiro atoms. The number of unbranched alkanes of at least 4 members (excludes halogenated alkanes) is 1. The van der Waals surface area contributed by atoms with Gasteiger partial charge in [0.1, 0.15) is 5.75 Å². The molecule has 1 aliphatic rings. The van der Waals surface area contributed by atoms with Crippen LogP contribution < -0.4 is 10.1 Å². The predicted octanol–water partition coefficient (Wildman–Crippen LogP) is 5.66. The number of carbonyl (C=O) groups excluding carboxylic acids is 1. The van der Waals surface area contributed by atoms with E-state index in [4.69, 9.17) is 14.2 Å². The van der Waals surface area contributed by atoms with E-state index in [1.165, 1.54) is 5.56 Å². The fourth-order valence-corrected chi connectivity index (χ4v) is 4.03. The molecule has 2 heterocycles. The number of nitrogens with one attached hydrogen (secondary N) is 1. The van der Waals surface area contributed by atoms with E-state index in [0.717, 1.165) is 46.6 Å². The second-order valence-corrected chi connectivity index (χ2v) is 8.38. The average molecular weight is 447 g/mol. The minimum absolute atomic E-state index is 0.108. The minimum Gasteiger partial charge on any atom is -0.497 e. The molecule has 0 aliphatic carbocycles. The quantitative estimate of drug-likeness (QED) is 0.506. The van der Waals surface area contributed by atoms with Crippen molar-refractivity contribution < 1.29 is 14.1 Å². The van der Waals surface area contributed by atoms with Gasteiger partial charge in [0, 0.05) is 17.8 Å². The van der Waals surface area contributed by atoms with Gasteiger partial charge in [-0.1, -0.05) is 36.7 Å². The molecule has 2 amide bonds. The summed E-state index contributed by atoms with van der Waals surface area (Å²) in [5, 5.41) is 7.39. The van der Waals surface area contributed by atoms with Gasteiger partial charge < -0.3 is 14.6 Å². The van der Waals surface area contributed by atoms with Gasteiger partial charge in [-0.05, 0) is 68.1 Å². The van der Waals surface area contributed by atoms with Crippen LogP contribution in [0, 0.1) is 13.8 Å². The summed E-state index contributed by atoms with van der Waals surface area (Å²) in [5.74, 6) is 1.66. The molecule has 1 aliphatic heterocycles. The lowest BCUT2D eigenvalue weighted by Crippen LogP contribution is -2.46. The molecule has 1 aromatic heterocycles. The van der Waals surface area contributed by atoms with E-state index in [2.05, 4.69) is 43.4 Å². The van der Waals surface area contributed by atoms with Crippen LogP contribution in [0.25, 0.3) is 17.0 Å². The van der Waals surface area contributed by atoms with Crippen LogP contribution >= 0.6 is 0 Å². The van der Waals surface area contributed by atoms with Crippen LogP contribution in [0.3, 0.4) is 0 Å². The van der Waals surface area contributed by atoms with Crippen molar-refractivity contribution in [2.24, 2.45) is 0 Å². The van der Waals surface area contributed by atoms with Gasteiger partial charge in [0.2, 0.25) is 5.82 Å². The summed E-state index contributed by atoms with van der Waals surface area (Å²) in [6, 6.07) is 13.3. The van der Waals surface area contributed by atoms with Crippen LogP contribution in [-0.2, 0) is 0 Å². The minimum atomic E-state index is -0.376. The number of aryl methyl sites for hydroxylation is 2. The summed E-state index contributed by atoms with van der Waals surface area (Å²) in [6.07, 6.45) is 1.91. The molecule has 4 rings (SSSR count). The molecule has 172 valence electrons. The molecule has 0 saturated carbocycles. The van der Waals surface area contributed by atoms with Crippen molar-refractivity contribution in [3.63, 3.8) is 0 Å². The second kappa shape index (κ2) is 9.48. The van der Waals surface area contributed by atoms with Crippen molar-refractivity contribution >= 4 is 11.6 Å². The molecule has 7 nitrogen and oxygen atoms in total. The molecule has 0 radical (unpaired) electrons. The predicted molar refractivity (Wildman–Crippen MR) is 128 cm³/mol. The highest BCUT2D eigenvalue weighted by Gasteiger charge is 2.35. The highest BCUT2D eigenvalue weighted by molar-refractivity contribution is 5.87. The van der Waals surface area contributed by atoms with Gasteiger partial charge in [0.25, 0.3) is 5.89 Å². The molecule has 1 unspecified atom stereocenters. The number of amides is 2. The van der Waals surface area contributed by atoms with Crippen molar-refractivity contribution in [2.45, 2.75) is 46.6 Å². The van der Waals surface area contributed by atoms with Crippen molar-refractivity contribution in [3.8, 4) is 17.1 Å². The number of ether oxygens (including phenoxy) is 1. The Morgan fingerprint density at radius 3 is 2.52 bits per heavy atom. The first kappa shape index (κ1) is 22.6. The monoisotopic (exact) mass is 446 g/mol. The Kier molecular flexibility index (Phi) is 6.49. The number of methoxy groups -OCH3 is 1. The molecule has 0 saturated heterocycles. The lowest BCUT2D eigenvalue weighted by molar-refractivity contribution is 0.204. The number of carbonyl (C=O) groups is 1. The number of rotatable bonds is 7. The van der Waals surface area contributed by atoms with Crippen LogP contribution in [0.15, 0.2) is 52.7 Å². The van der Waals surface area contributed by atoms with Gasteiger partial charge in [-0.25, -0.2) is 4.79 Å². The lowest BCUT2D eigenvalue weighted by atomic mass is 9.92. The fourth-order valence-electron chi connectivity index (χ4n) is 4.03. The van der Waals surface area contributed by atoms with Gasteiger partial charge in [0.05, 0.1) is 18.7 Å². The van der Waals surface area contributed by atoms with E-state index in [0.29, 0.717) is 18.3 Å². The van der Waals surface area contributed by atoms with Gasteiger partial charge in [-0.15, -0.1) is 0 Å². The third-order valence-electron chi connectivity index (χ3n) is 6.20. The summed E-state index contributed by atoms with van der Waals surface area (Å²) in [7, 11) is 1.63. The van der Waals surface area contributed by atoms with Gasteiger partial charge in [-0.2, -0.15) is 4.98 Å². The highest BCUT2D eigenvalue weighted by atomic mass is 16.5. The lowest BCUT2D eigenvalue weighted by Gasteiger charge is -2.35. The first-order chi connectivity index (χ1) is 15.9. The SMILES string of the molecule is CCCCN1C(=O)NC(c2ccc(C)c(C)c2)C(c2nc(-c3ccc(OC)cc3)no2)=C1C. The van der Waals surface area contributed by atoms with Crippen LogP contribution in [0.5, 0.6) is 5.75 Å². The first-order valence-corrected chi connectivity index (χ1v) is 11.3. The Morgan fingerprint density at radius 2 is 1.85 bits per heavy atom. The molecule has 1 atom stereocenters. The third-order valence-corrected chi connectivity index (χ3v) is 6.20. The van der Waals surface area contributed by atoms with Gasteiger partial charge in [-0.3, -0.25) is 4.90 Å². The summed E-state index contributed by atoms with van der Waals surface area (Å²) in [6.45, 7) is 8.85. The van der Waals surface area contributed by atoms with Crippen molar-refractivity contribution in [1.29, 1.82) is 0 Å². The van der Waals surface area contributed by atoms with E-state index in [-0.39, 0.29) is 12.1 Å². The third kappa shape index (κ3) is 4.49. The van der Waals surface area contributed by atoms with E-state index in [1.807, 2.05) is 37.3 Å². The van der Waals surface area contributed by atoms with Crippen molar-refractivity contribution in [2.75, 3.05) is 13.7 Å². The Bertz CT molecular complexity index is 1180. The molecular weight excluding hydrogens is 416 g/mol. The van der Waals surface area contributed by atoms with Crippen LogP contribution in [0.4, 0.5) is 4.79 Å². The number of hydrogen-bond acceptors (Lipinski definition) is 5. The maximum absolute atomic E-state index is 13.0. The Hall–Kier alpha value is -3.61. The number of nitrogens with zero attached hydrogens (tertiary/aromatic N) is 3. The van der Waals surface area contributed by atoms with E-state index >= 15 is 0 Å². The Balaban J connectivity index is 1.78. The summed E-state index contributed by atoms with van der Waals surface area (Å²) >= 11 is 0. The van der Waals surface area contributed by atoms with Crippen LogP contribution in [-0.4, -0.2) is 34.7 Å².